The number of aliphatic hydroxyl groups excluding tert-OH is 1. The summed E-state index contributed by atoms with van der Waals surface area (Å²) in [5.41, 5.74) is 1.57. The van der Waals surface area contributed by atoms with E-state index in [1.54, 1.807) is 0 Å². The Labute approximate surface area is 81.4 Å². The summed E-state index contributed by atoms with van der Waals surface area (Å²) in [6.45, 7) is 2.22. The Morgan fingerprint density at radius 3 is 2.31 bits per heavy atom. The van der Waals surface area contributed by atoms with Crippen molar-refractivity contribution >= 4 is 14.5 Å². The van der Waals surface area contributed by atoms with E-state index in [4.69, 9.17) is 0 Å². The first-order valence-electron chi connectivity index (χ1n) is 4.64. The van der Waals surface area contributed by atoms with E-state index in [1.807, 2.05) is 0 Å². The lowest BCUT2D eigenvalue weighted by Gasteiger charge is -2.43. The summed E-state index contributed by atoms with van der Waals surface area (Å²) in [4.78, 5) is 0. The van der Waals surface area contributed by atoms with Crippen molar-refractivity contribution in [3.63, 3.8) is 0 Å². The Hall–Kier alpha value is -0.390. The molecule has 2 rings (SSSR count). The molecule has 0 radical (unpaired) electrons. The van der Waals surface area contributed by atoms with Crippen LogP contribution in [0.25, 0.3) is 0 Å². The molecule has 1 aliphatic rings. The third-order valence-corrected chi connectivity index (χ3v) is 3.36. The average molecular weight is 194 g/mol. The van der Waals surface area contributed by atoms with Crippen molar-refractivity contribution < 1.29 is 5.11 Å². The third kappa shape index (κ3) is 1.63. The third-order valence-electron chi connectivity index (χ3n) is 2.98. The average Bonchev–Trinajstić information content (AvgIpc) is 2.03. The van der Waals surface area contributed by atoms with Crippen LogP contribution >= 0.6 is 9.24 Å². The maximum atomic E-state index is 9.30. The van der Waals surface area contributed by atoms with E-state index in [1.165, 1.54) is 10.9 Å². The van der Waals surface area contributed by atoms with Crippen molar-refractivity contribution in [3.8, 4) is 0 Å². The molecule has 1 unspecified atom stereocenters. The monoisotopic (exact) mass is 194 g/mol. The lowest BCUT2D eigenvalue weighted by Crippen LogP contribution is -2.42. The van der Waals surface area contributed by atoms with Gasteiger partial charge in [-0.2, -0.15) is 0 Å². The first kappa shape index (κ1) is 9.18. The normalized spacial score (nSPS) is 32.7. The lowest BCUT2D eigenvalue weighted by molar-refractivity contribution is 0.0273. The second kappa shape index (κ2) is 3.08. The van der Waals surface area contributed by atoms with Crippen LogP contribution in [-0.4, -0.2) is 11.2 Å². The van der Waals surface area contributed by atoms with Gasteiger partial charge in [0.15, 0.2) is 0 Å². The highest BCUT2D eigenvalue weighted by atomic mass is 31.0. The molecule has 0 aromatic heterocycles. The predicted octanol–water partition coefficient (Wildman–Crippen LogP) is 1.60. The summed E-state index contributed by atoms with van der Waals surface area (Å²) in [5, 5.41) is 10.5. The molecule has 0 saturated heterocycles. The molecule has 0 amide bonds. The molecular formula is C11H15OP. The Balaban J connectivity index is 2.22. The van der Waals surface area contributed by atoms with Gasteiger partial charge in [-0.15, -0.1) is 9.24 Å². The van der Waals surface area contributed by atoms with Gasteiger partial charge in [-0.1, -0.05) is 31.2 Å². The van der Waals surface area contributed by atoms with Gasteiger partial charge in [0.1, 0.15) is 0 Å². The number of benzene rings is 1. The summed E-state index contributed by atoms with van der Waals surface area (Å²) in [6.07, 6.45) is 1.73. The molecule has 13 heavy (non-hydrogen) atoms. The predicted molar refractivity (Wildman–Crippen MR) is 58.4 cm³/mol. The van der Waals surface area contributed by atoms with Gasteiger partial charge in [0.05, 0.1) is 6.10 Å². The molecule has 1 aliphatic carbocycles. The van der Waals surface area contributed by atoms with Crippen LogP contribution in [0.5, 0.6) is 0 Å². The number of rotatable bonds is 1. The molecule has 1 N–H and O–H groups in total. The highest BCUT2D eigenvalue weighted by molar-refractivity contribution is 7.27. The zero-order valence-corrected chi connectivity index (χ0v) is 8.98. The fourth-order valence-electron chi connectivity index (χ4n) is 2.10. The number of hydrogen-bond acceptors (Lipinski definition) is 1. The molecule has 0 bridgehead atoms. The van der Waals surface area contributed by atoms with Crippen LogP contribution in [0.4, 0.5) is 0 Å². The molecule has 2 heteroatoms. The van der Waals surface area contributed by atoms with Gasteiger partial charge in [0.25, 0.3) is 0 Å². The first-order chi connectivity index (χ1) is 6.10. The maximum absolute atomic E-state index is 9.30. The number of aliphatic hydroxyl groups is 1. The molecule has 0 aliphatic heterocycles. The molecule has 0 heterocycles. The van der Waals surface area contributed by atoms with Gasteiger partial charge in [-0.25, -0.2) is 0 Å². The topological polar surface area (TPSA) is 20.2 Å². The molecule has 1 aromatic rings. The van der Waals surface area contributed by atoms with E-state index in [9.17, 15) is 5.11 Å². The molecule has 1 nitrogen and oxygen atoms in total. The van der Waals surface area contributed by atoms with E-state index in [-0.39, 0.29) is 11.5 Å². The molecule has 1 aromatic carbocycles. The molecule has 0 spiro atoms. The largest absolute Gasteiger partial charge is 0.393 e. The highest BCUT2D eigenvalue weighted by Crippen LogP contribution is 2.43. The minimum atomic E-state index is -0.0827. The van der Waals surface area contributed by atoms with E-state index in [0.717, 1.165) is 12.8 Å². The van der Waals surface area contributed by atoms with Crippen LogP contribution in [0.1, 0.15) is 25.3 Å². The van der Waals surface area contributed by atoms with Crippen molar-refractivity contribution in [2.75, 3.05) is 0 Å². The summed E-state index contributed by atoms with van der Waals surface area (Å²) in [5.74, 6) is 0. The smallest absolute Gasteiger partial charge is 0.0557 e. The molecule has 1 atom stereocenters. The van der Waals surface area contributed by atoms with Gasteiger partial charge in [0, 0.05) is 0 Å². The SMILES string of the molecule is CC1(c2ccc(P)cc2)CC(O)C1. The lowest BCUT2D eigenvalue weighted by atomic mass is 9.64. The van der Waals surface area contributed by atoms with Crippen molar-refractivity contribution in [2.24, 2.45) is 0 Å². The zero-order chi connectivity index (χ0) is 9.47. The fraction of sp³-hybridized carbons (Fsp3) is 0.455. The van der Waals surface area contributed by atoms with Crippen molar-refractivity contribution in [3.05, 3.63) is 29.8 Å². The summed E-state index contributed by atoms with van der Waals surface area (Å²) < 4.78 is 0. The minimum absolute atomic E-state index is 0.0827. The standard InChI is InChI=1S/C11H15OP/c1-11(6-9(12)7-11)8-2-4-10(13)5-3-8/h2-5,9,12H,6-7,13H2,1H3. The first-order valence-corrected chi connectivity index (χ1v) is 5.22. The van der Waals surface area contributed by atoms with Gasteiger partial charge < -0.3 is 5.11 Å². The summed E-state index contributed by atoms with van der Waals surface area (Å²) in [7, 11) is 2.68. The Morgan fingerprint density at radius 1 is 1.31 bits per heavy atom. The second-order valence-corrected chi connectivity index (χ2v) is 4.91. The summed E-state index contributed by atoms with van der Waals surface area (Å²) in [6, 6.07) is 8.54. The van der Waals surface area contributed by atoms with E-state index in [2.05, 4.69) is 40.4 Å². The zero-order valence-electron chi connectivity index (χ0n) is 7.83. The van der Waals surface area contributed by atoms with Gasteiger partial charge in [-0.05, 0) is 29.1 Å². The molecule has 1 fully saturated rings. The molecular weight excluding hydrogens is 179 g/mol. The Bertz CT molecular complexity index is 298. The van der Waals surface area contributed by atoms with Crippen molar-refractivity contribution in [1.82, 2.24) is 0 Å². The van der Waals surface area contributed by atoms with Gasteiger partial charge >= 0.3 is 0 Å². The molecule has 70 valence electrons. The number of hydrogen-bond donors (Lipinski definition) is 1. The Kier molecular flexibility index (Phi) is 2.17. The van der Waals surface area contributed by atoms with Gasteiger partial charge in [-0.3, -0.25) is 0 Å². The van der Waals surface area contributed by atoms with Crippen LogP contribution in [0.15, 0.2) is 24.3 Å². The highest BCUT2D eigenvalue weighted by Gasteiger charge is 2.40. The summed E-state index contributed by atoms with van der Waals surface area (Å²) >= 11 is 0. The second-order valence-electron chi connectivity index (χ2n) is 4.24. The Morgan fingerprint density at radius 2 is 1.85 bits per heavy atom. The van der Waals surface area contributed by atoms with Crippen LogP contribution in [0.2, 0.25) is 0 Å². The quantitative estimate of drug-likeness (QED) is 0.673. The van der Waals surface area contributed by atoms with Crippen LogP contribution < -0.4 is 5.30 Å². The fourth-order valence-corrected chi connectivity index (χ4v) is 2.29. The van der Waals surface area contributed by atoms with Crippen molar-refractivity contribution in [1.29, 1.82) is 0 Å². The van der Waals surface area contributed by atoms with Crippen molar-refractivity contribution in [2.45, 2.75) is 31.3 Å². The van der Waals surface area contributed by atoms with E-state index < -0.39 is 0 Å². The van der Waals surface area contributed by atoms with Crippen LogP contribution in [0.3, 0.4) is 0 Å². The van der Waals surface area contributed by atoms with Crippen LogP contribution in [0, 0.1) is 0 Å². The minimum Gasteiger partial charge on any atom is -0.393 e. The van der Waals surface area contributed by atoms with Gasteiger partial charge in [0.2, 0.25) is 0 Å². The van der Waals surface area contributed by atoms with E-state index >= 15 is 0 Å². The maximum Gasteiger partial charge on any atom is 0.0557 e. The van der Waals surface area contributed by atoms with Crippen LogP contribution in [-0.2, 0) is 5.41 Å². The molecule has 1 saturated carbocycles. The van der Waals surface area contributed by atoms with E-state index in [0.29, 0.717) is 0 Å².